The third kappa shape index (κ3) is 5.44. The smallest absolute Gasteiger partial charge is 0.305 e. The number of nitrogens with one attached hydrogen (secondary N) is 2. The Balaban J connectivity index is 1.60. The average Bonchev–Trinajstić information content (AvgIpc) is 3.15. The number of aromatic amines is 1. The third-order valence-corrected chi connectivity index (χ3v) is 4.82. The van der Waals surface area contributed by atoms with Crippen molar-refractivity contribution in [1.82, 2.24) is 25.1 Å². The monoisotopic (exact) mass is 415 g/mol. The maximum absolute atomic E-state index is 12.3. The van der Waals surface area contributed by atoms with Crippen molar-refractivity contribution in [2.75, 3.05) is 18.9 Å². The summed E-state index contributed by atoms with van der Waals surface area (Å²) in [5, 5.41) is 7.69. The first-order valence-electron chi connectivity index (χ1n) is 9.17. The molecule has 0 atom stereocenters. The summed E-state index contributed by atoms with van der Waals surface area (Å²) >= 11 is 1.13. The van der Waals surface area contributed by atoms with E-state index in [0.29, 0.717) is 35.8 Å². The van der Waals surface area contributed by atoms with E-state index in [-0.39, 0.29) is 29.6 Å². The number of carbonyl (C=O) groups is 2. The summed E-state index contributed by atoms with van der Waals surface area (Å²) in [6, 6.07) is 9.37. The lowest BCUT2D eigenvalue weighted by Gasteiger charge is -2.06. The van der Waals surface area contributed by atoms with Crippen molar-refractivity contribution in [3.63, 3.8) is 0 Å². The van der Waals surface area contributed by atoms with Gasteiger partial charge in [0.2, 0.25) is 5.91 Å². The molecule has 1 aromatic carbocycles. The molecular weight excluding hydrogens is 394 g/mol. The Morgan fingerprint density at radius 2 is 2.07 bits per heavy atom. The molecule has 0 radical (unpaired) electrons. The first-order valence-corrected chi connectivity index (χ1v) is 10.2. The van der Waals surface area contributed by atoms with Crippen LogP contribution in [0.25, 0.3) is 16.7 Å². The van der Waals surface area contributed by atoms with Gasteiger partial charge in [-0.05, 0) is 25.5 Å². The van der Waals surface area contributed by atoms with Crippen LogP contribution in [0, 0.1) is 0 Å². The minimum absolute atomic E-state index is 0.0906. The van der Waals surface area contributed by atoms with Crippen LogP contribution < -0.4 is 10.9 Å². The molecule has 152 valence electrons. The van der Waals surface area contributed by atoms with Gasteiger partial charge in [0.15, 0.2) is 10.8 Å². The van der Waals surface area contributed by atoms with Crippen molar-refractivity contribution >= 4 is 34.7 Å². The number of esters is 1. The van der Waals surface area contributed by atoms with Crippen LogP contribution >= 0.6 is 11.8 Å². The summed E-state index contributed by atoms with van der Waals surface area (Å²) in [5.41, 5.74) is 0.905. The van der Waals surface area contributed by atoms with Crippen LogP contribution in [0.5, 0.6) is 0 Å². The van der Waals surface area contributed by atoms with E-state index in [1.807, 2.05) is 30.3 Å². The number of nitrogens with zero attached hydrogens (tertiary/aromatic N) is 3. The van der Waals surface area contributed by atoms with Crippen LogP contribution in [0.15, 0.2) is 46.5 Å². The third-order valence-electron chi connectivity index (χ3n) is 3.94. The molecule has 2 heterocycles. The van der Waals surface area contributed by atoms with Crippen molar-refractivity contribution in [2.45, 2.75) is 24.9 Å². The van der Waals surface area contributed by atoms with E-state index in [0.717, 1.165) is 17.4 Å². The molecule has 3 rings (SSSR count). The summed E-state index contributed by atoms with van der Waals surface area (Å²) in [4.78, 5) is 42.7. The largest absolute Gasteiger partial charge is 0.466 e. The van der Waals surface area contributed by atoms with E-state index in [1.54, 1.807) is 11.6 Å². The van der Waals surface area contributed by atoms with Gasteiger partial charge in [0.1, 0.15) is 5.39 Å². The zero-order valence-electron chi connectivity index (χ0n) is 15.9. The number of amides is 1. The van der Waals surface area contributed by atoms with Gasteiger partial charge in [-0.1, -0.05) is 30.0 Å². The summed E-state index contributed by atoms with van der Waals surface area (Å²) in [5.74, 6) is -0.396. The van der Waals surface area contributed by atoms with Crippen molar-refractivity contribution in [2.24, 2.45) is 0 Å². The molecule has 0 saturated heterocycles. The molecule has 29 heavy (non-hydrogen) atoms. The lowest BCUT2D eigenvalue weighted by Crippen LogP contribution is -2.27. The number of benzene rings is 1. The molecule has 0 unspecified atom stereocenters. The predicted octanol–water partition coefficient (Wildman–Crippen LogP) is 1.66. The standard InChI is InChI=1S/C19H21N5O4S/c1-2-28-16(26)9-6-10-20-15(25)12-29-19-22-17-14(18(27)23-19)11-21-24(17)13-7-4-3-5-8-13/h3-5,7-8,11H,2,6,9-10,12H2,1H3,(H,20,25)(H,22,23,27). The molecule has 2 N–H and O–H groups in total. The molecule has 9 nitrogen and oxygen atoms in total. The van der Waals surface area contributed by atoms with Crippen molar-refractivity contribution < 1.29 is 14.3 Å². The summed E-state index contributed by atoms with van der Waals surface area (Å²) < 4.78 is 6.42. The molecular formula is C19H21N5O4S. The predicted molar refractivity (Wildman–Crippen MR) is 109 cm³/mol. The Kier molecular flexibility index (Phi) is 7.01. The number of hydrogen-bond donors (Lipinski definition) is 2. The molecule has 0 spiro atoms. The van der Waals surface area contributed by atoms with E-state index in [9.17, 15) is 14.4 Å². The number of fused-ring (bicyclic) bond motifs is 1. The topological polar surface area (TPSA) is 119 Å². The number of H-pyrrole nitrogens is 1. The number of carbonyl (C=O) groups excluding carboxylic acids is 2. The van der Waals surface area contributed by atoms with Crippen LogP contribution in [0.3, 0.4) is 0 Å². The molecule has 1 amide bonds. The Hall–Kier alpha value is -3.14. The van der Waals surface area contributed by atoms with Gasteiger partial charge >= 0.3 is 5.97 Å². The number of rotatable bonds is 9. The van der Waals surface area contributed by atoms with Gasteiger partial charge < -0.3 is 15.0 Å². The lowest BCUT2D eigenvalue weighted by atomic mass is 10.3. The summed E-state index contributed by atoms with van der Waals surface area (Å²) in [6.07, 6.45) is 2.24. The second kappa shape index (κ2) is 9.87. The maximum atomic E-state index is 12.3. The minimum atomic E-state index is -0.311. The SMILES string of the molecule is CCOC(=O)CCCNC(=O)CSc1nc2c(cnn2-c2ccccc2)c(=O)[nH]1. The minimum Gasteiger partial charge on any atom is -0.466 e. The first-order chi connectivity index (χ1) is 14.1. The number of ether oxygens (including phenoxy) is 1. The Morgan fingerprint density at radius 3 is 2.83 bits per heavy atom. The Morgan fingerprint density at radius 1 is 1.28 bits per heavy atom. The lowest BCUT2D eigenvalue weighted by molar-refractivity contribution is -0.143. The average molecular weight is 415 g/mol. The van der Waals surface area contributed by atoms with Gasteiger partial charge in [-0.2, -0.15) is 5.10 Å². The van der Waals surface area contributed by atoms with E-state index in [1.165, 1.54) is 6.20 Å². The van der Waals surface area contributed by atoms with Gasteiger partial charge in [-0.15, -0.1) is 0 Å². The van der Waals surface area contributed by atoms with Crippen LogP contribution in [-0.2, 0) is 14.3 Å². The number of para-hydroxylation sites is 1. The van der Waals surface area contributed by atoms with Crippen LogP contribution in [0.2, 0.25) is 0 Å². The van der Waals surface area contributed by atoms with Crippen LogP contribution in [0.4, 0.5) is 0 Å². The Labute approximate surface area is 170 Å². The van der Waals surface area contributed by atoms with Gasteiger partial charge in [0.05, 0.1) is 24.2 Å². The van der Waals surface area contributed by atoms with Crippen molar-refractivity contribution in [3.05, 3.63) is 46.9 Å². The van der Waals surface area contributed by atoms with Gasteiger partial charge in [0, 0.05) is 13.0 Å². The van der Waals surface area contributed by atoms with Gasteiger partial charge in [-0.3, -0.25) is 14.4 Å². The summed E-state index contributed by atoms with van der Waals surface area (Å²) in [7, 11) is 0. The van der Waals surface area contributed by atoms with Crippen molar-refractivity contribution in [1.29, 1.82) is 0 Å². The highest BCUT2D eigenvalue weighted by Crippen LogP contribution is 2.17. The van der Waals surface area contributed by atoms with Gasteiger partial charge in [0.25, 0.3) is 5.56 Å². The second-order valence-corrected chi connectivity index (χ2v) is 7.01. The molecule has 3 aromatic rings. The highest BCUT2D eigenvalue weighted by Gasteiger charge is 2.13. The maximum Gasteiger partial charge on any atom is 0.305 e. The number of thioether (sulfide) groups is 1. The van der Waals surface area contributed by atoms with Crippen LogP contribution in [0.1, 0.15) is 19.8 Å². The fourth-order valence-corrected chi connectivity index (χ4v) is 3.29. The fraction of sp³-hybridized carbons (Fsp3) is 0.316. The molecule has 0 fully saturated rings. The molecule has 0 saturated carbocycles. The number of hydrogen-bond acceptors (Lipinski definition) is 7. The highest BCUT2D eigenvalue weighted by atomic mass is 32.2. The number of aromatic nitrogens is 4. The zero-order valence-corrected chi connectivity index (χ0v) is 16.7. The molecule has 2 aromatic heterocycles. The van der Waals surface area contributed by atoms with Crippen molar-refractivity contribution in [3.8, 4) is 5.69 Å². The molecule has 0 bridgehead atoms. The van der Waals surface area contributed by atoms with E-state index >= 15 is 0 Å². The molecule has 0 aliphatic rings. The Bertz CT molecular complexity index is 1050. The van der Waals surface area contributed by atoms with Crippen LogP contribution in [-0.4, -0.2) is 50.5 Å². The normalized spacial score (nSPS) is 10.8. The van der Waals surface area contributed by atoms with E-state index in [2.05, 4.69) is 20.4 Å². The zero-order chi connectivity index (χ0) is 20.6. The molecule has 0 aliphatic carbocycles. The second-order valence-electron chi connectivity index (χ2n) is 6.05. The summed E-state index contributed by atoms with van der Waals surface area (Å²) in [6.45, 7) is 2.47. The van der Waals surface area contributed by atoms with E-state index < -0.39 is 0 Å². The van der Waals surface area contributed by atoms with E-state index in [4.69, 9.17) is 4.74 Å². The molecule has 0 aliphatic heterocycles. The first kappa shape index (κ1) is 20.6. The fourth-order valence-electron chi connectivity index (χ4n) is 2.60. The molecule has 10 heteroatoms. The quantitative estimate of drug-likeness (QED) is 0.236. The van der Waals surface area contributed by atoms with Gasteiger partial charge in [-0.25, -0.2) is 9.67 Å². The highest BCUT2D eigenvalue weighted by molar-refractivity contribution is 7.99.